The van der Waals surface area contributed by atoms with Gasteiger partial charge in [0.1, 0.15) is 16.6 Å². The standard InChI is InChI=1S/C25H22FN3O2S/c1-31-20-12-8-18(9-13-20)15-27-24(30)16-32-25-23(14-17-6-10-19(26)11-7-17)28-21-4-2-3-5-22(21)29-25/h2-13H,14-16H2,1H3,(H,27,30). The molecule has 0 radical (unpaired) electrons. The van der Waals surface area contributed by atoms with Gasteiger partial charge in [0.15, 0.2) is 0 Å². The summed E-state index contributed by atoms with van der Waals surface area (Å²) in [4.78, 5) is 21.9. The molecule has 0 aliphatic carbocycles. The highest BCUT2D eigenvalue weighted by molar-refractivity contribution is 7.99. The number of hydrogen-bond donors (Lipinski definition) is 1. The predicted octanol–water partition coefficient (Wildman–Crippen LogP) is 4.78. The van der Waals surface area contributed by atoms with E-state index in [1.54, 1.807) is 19.2 Å². The fourth-order valence-electron chi connectivity index (χ4n) is 3.18. The molecule has 4 rings (SSSR count). The summed E-state index contributed by atoms with van der Waals surface area (Å²) >= 11 is 1.35. The fourth-order valence-corrected chi connectivity index (χ4v) is 3.99. The summed E-state index contributed by atoms with van der Waals surface area (Å²) in [5.74, 6) is 0.633. The lowest BCUT2D eigenvalue weighted by atomic mass is 10.1. The van der Waals surface area contributed by atoms with Crippen LogP contribution in [0, 0.1) is 5.82 Å². The van der Waals surface area contributed by atoms with Crippen LogP contribution < -0.4 is 10.1 Å². The van der Waals surface area contributed by atoms with E-state index >= 15 is 0 Å². The molecule has 0 aliphatic heterocycles. The Morgan fingerprint density at radius 1 is 0.938 bits per heavy atom. The molecule has 162 valence electrons. The quantitative estimate of drug-likeness (QED) is 0.394. The Bertz CT molecular complexity index is 1210. The Labute approximate surface area is 190 Å². The number of benzene rings is 3. The summed E-state index contributed by atoms with van der Waals surface area (Å²) < 4.78 is 18.4. The molecule has 7 heteroatoms. The first-order valence-electron chi connectivity index (χ1n) is 10.1. The van der Waals surface area contributed by atoms with Crippen molar-refractivity contribution in [2.75, 3.05) is 12.9 Å². The molecule has 1 aromatic heterocycles. The number of carbonyl (C=O) groups excluding carboxylic acids is 1. The fraction of sp³-hybridized carbons (Fsp3) is 0.160. The maximum absolute atomic E-state index is 13.3. The molecule has 0 atom stereocenters. The molecule has 32 heavy (non-hydrogen) atoms. The number of thioether (sulfide) groups is 1. The van der Waals surface area contributed by atoms with Gasteiger partial charge in [-0.15, -0.1) is 0 Å². The topological polar surface area (TPSA) is 64.1 Å². The Morgan fingerprint density at radius 2 is 1.59 bits per heavy atom. The largest absolute Gasteiger partial charge is 0.497 e. The second-order valence-electron chi connectivity index (χ2n) is 7.18. The third-order valence-electron chi connectivity index (χ3n) is 4.88. The van der Waals surface area contributed by atoms with Gasteiger partial charge in [-0.2, -0.15) is 0 Å². The first kappa shape index (κ1) is 21.8. The number of hydrogen-bond acceptors (Lipinski definition) is 5. The van der Waals surface area contributed by atoms with Gasteiger partial charge >= 0.3 is 0 Å². The minimum Gasteiger partial charge on any atom is -0.497 e. The molecule has 1 amide bonds. The van der Waals surface area contributed by atoms with Crippen molar-refractivity contribution < 1.29 is 13.9 Å². The van der Waals surface area contributed by atoms with Crippen LogP contribution in [0.4, 0.5) is 4.39 Å². The van der Waals surface area contributed by atoms with Crippen LogP contribution in [0.1, 0.15) is 16.8 Å². The van der Waals surface area contributed by atoms with Gasteiger partial charge in [-0.25, -0.2) is 14.4 Å². The zero-order chi connectivity index (χ0) is 22.3. The van der Waals surface area contributed by atoms with E-state index in [9.17, 15) is 9.18 Å². The van der Waals surface area contributed by atoms with Gasteiger partial charge in [0.2, 0.25) is 5.91 Å². The minimum absolute atomic E-state index is 0.0893. The van der Waals surface area contributed by atoms with E-state index in [4.69, 9.17) is 14.7 Å². The van der Waals surface area contributed by atoms with Gasteiger partial charge in [-0.3, -0.25) is 4.79 Å². The van der Waals surface area contributed by atoms with E-state index < -0.39 is 0 Å². The van der Waals surface area contributed by atoms with E-state index in [0.29, 0.717) is 18.0 Å². The molecule has 3 aromatic carbocycles. The zero-order valence-corrected chi connectivity index (χ0v) is 18.4. The number of nitrogens with zero attached hydrogens (tertiary/aromatic N) is 2. The molecule has 0 bridgehead atoms. The second-order valence-corrected chi connectivity index (χ2v) is 8.14. The number of para-hydroxylation sites is 2. The second kappa shape index (κ2) is 10.2. The zero-order valence-electron chi connectivity index (χ0n) is 17.5. The van der Waals surface area contributed by atoms with Crippen molar-refractivity contribution in [2.24, 2.45) is 0 Å². The van der Waals surface area contributed by atoms with Gasteiger partial charge in [-0.1, -0.05) is 48.2 Å². The summed E-state index contributed by atoms with van der Waals surface area (Å²) in [6.07, 6.45) is 0.508. The SMILES string of the molecule is COc1ccc(CNC(=O)CSc2nc3ccccc3nc2Cc2ccc(F)cc2)cc1. The lowest BCUT2D eigenvalue weighted by Crippen LogP contribution is -2.24. The van der Waals surface area contributed by atoms with E-state index in [0.717, 1.165) is 33.6 Å². The van der Waals surface area contributed by atoms with Crippen molar-refractivity contribution in [3.8, 4) is 5.75 Å². The van der Waals surface area contributed by atoms with Crippen molar-refractivity contribution in [3.63, 3.8) is 0 Å². The Morgan fingerprint density at radius 3 is 2.28 bits per heavy atom. The summed E-state index contributed by atoms with van der Waals surface area (Å²) in [7, 11) is 1.62. The van der Waals surface area contributed by atoms with Crippen LogP contribution in [0.2, 0.25) is 0 Å². The van der Waals surface area contributed by atoms with Gasteiger partial charge in [-0.05, 0) is 47.5 Å². The maximum atomic E-state index is 13.3. The molecule has 0 saturated carbocycles. The van der Waals surface area contributed by atoms with Gasteiger partial charge < -0.3 is 10.1 Å². The average Bonchev–Trinajstić information content (AvgIpc) is 2.83. The highest BCUT2D eigenvalue weighted by Crippen LogP contribution is 2.24. The molecule has 0 saturated heterocycles. The number of halogens is 1. The number of rotatable bonds is 8. The molecule has 0 spiro atoms. The number of fused-ring (bicyclic) bond motifs is 1. The highest BCUT2D eigenvalue weighted by atomic mass is 32.2. The van der Waals surface area contributed by atoms with Gasteiger partial charge in [0, 0.05) is 13.0 Å². The van der Waals surface area contributed by atoms with E-state index in [-0.39, 0.29) is 17.5 Å². The van der Waals surface area contributed by atoms with Gasteiger partial charge in [0.05, 0.1) is 29.6 Å². The van der Waals surface area contributed by atoms with Crippen LogP contribution in [0.25, 0.3) is 11.0 Å². The molecule has 1 N–H and O–H groups in total. The average molecular weight is 448 g/mol. The molecular weight excluding hydrogens is 425 g/mol. The summed E-state index contributed by atoms with van der Waals surface area (Å²) in [5.41, 5.74) is 4.26. The first-order valence-corrected chi connectivity index (χ1v) is 11.1. The number of methoxy groups -OCH3 is 1. The smallest absolute Gasteiger partial charge is 0.230 e. The molecule has 0 fully saturated rings. The van der Waals surface area contributed by atoms with E-state index in [1.165, 1.54) is 23.9 Å². The Hall–Kier alpha value is -3.45. The maximum Gasteiger partial charge on any atom is 0.230 e. The molecule has 5 nitrogen and oxygen atoms in total. The number of nitrogens with one attached hydrogen (secondary N) is 1. The number of aromatic nitrogens is 2. The van der Waals surface area contributed by atoms with E-state index in [1.807, 2.05) is 48.5 Å². The first-order chi connectivity index (χ1) is 15.6. The predicted molar refractivity (Wildman–Crippen MR) is 124 cm³/mol. The summed E-state index contributed by atoms with van der Waals surface area (Å²) in [6.45, 7) is 0.440. The third-order valence-corrected chi connectivity index (χ3v) is 5.89. The van der Waals surface area contributed by atoms with Crippen molar-refractivity contribution in [1.29, 1.82) is 0 Å². The van der Waals surface area contributed by atoms with Crippen molar-refractivity contribution >= 4 is 28.7 Å². The molecule has 1 heterocycles. The summed E-state index contributed by atoms with van der Waals surface area (Å²) in [6, 6.07) is 21.5. The van der Waals surface area contributed by atoms with Crippen LogP contribution in [0.5, 0.6) is 5.75 Å². The van der Waals surface area contributed by atoms with Crippen LogP contribution in [0.15, 0.2) is 77.8 Å². The van der Waals surface area contributed by atoms with Crippen LogP contribution in [-0.4, -0.2) is 28.7 Å². The lowest BCUT2D eigenvalue weighted by molar-refractivity contribution is -0.118. The van der Waals surface area contributed by atoms with Gasteiger partial charge in [0.25, 0.3) is 0 Å². The highest BCUT2D eigenvalue weighted by Gasteiger charge is 2.13. The molecule has 0 aliphatic rings. The van der Waals surface area contributed by atoms with Crippen molar-refractivity contribution in [2.45, 2.75) is 18.0 Å². The number of amides is 1. The summed E-state index contributed by atoms with van der Waals surface area (Å²) in [5, 5.41) is 3.63. The van der Waals surface area contributed by atoms with Crippen LogP contribution in [0.3, 0.4) is 0 Å². The van der Waals surface area contributed by atoms with Crippen molar-refractivity contribution in [3.05, 3.63) is 95.4 Å². The minimum atomic E-state index is -0.276. The molecule has 4 aromatic rings. The normalized spacial score (nSPS) is 10.8. The molecular formula is C25H22FN3O2S. The van der Waals surface area contributed by atoms with E-state index in [2.05, 4.69) is 5.32 Å². The third kappa shape index (κ3) is 5.62. The lowest BCUT2D eigenvalue weighted by Gasteiger charge is -2.10. The van der Waals surface area contributed by atoms with Crippen LogP contribution >= 0.6 is 11.8 Å². The Balaban J connectivity index is 1.45. The van der Waals surface area contributed by atoms with Crippen molar-refractivity contribution in [1.82, 2.24) is 15.3 Å². The number of carbonyl (C=O) groups is 1. The molecule has 0 unspecified atom stereocenters. The Kier molecular flexibility index (Phi) is 6.97. The van der Waals surface area contributed by atoms with Crippen LogP contribution in [-0.2, 0) is 17.8 Å². The number of ether oxygens (including phenoxy) is 1. The monoisotopic (exact) mass is 447 g/mol.